The fourth-order valence-corrected chi connectivity index (χ4v) is 2.95. The van der Waals surface area contributed by atoms with Gasteiger partial charge in [0, 0.05) is 18.0 Å². The van der Waals surface area contributed by atoms with Gasteiger partial charge in [-0.15, -0.1) is 0 Å². The van der Waals surface area contributed by atoms with Crippen LogP contribution in [0, 0.1) is 5.82 Å². The highest BCUT2D eigenvalue weighted by Crippen LogP contribution is 2.36. The normalized spacial score (nSPS) is 21.8. The van der Waals surface area contributed by atoms with Gasteiger partial charge in [0.25, 0.3) is 0 Å². The Morgan fingerprint density at radius 1 is 1.47 bits per heavy atom. The molecule has 0 saturated carbocycles. The second-order valence-corrected chi connectivity index (χ2v) is 5.93. The smallest absolute Gasteiger partial charge is 0.124 e. The van der Waals surface area contributed by atoms with Crippen molar-refractivity contribution < 1.29 is 9.13 Å². The Labute approximate surface area is 119 Å². The van der Waals surface area contributed by atoms with Gasteiger partial charge in [0.1, 0.15) is 17.7 Å². The molecule has 1 aromatic rings. The summed E-state index contributed by atoms with van der Waals surface area (Å²) in [5, 5.41) is 3.51. The number of hydrogen-bond donors (Lipinski definition) is 1. The van der Waals surface area contributed by atoms with Gasteiger partial charge in [-0.25, -0.2) is 4.39 Å². The SMILES string of the molecule is CCCNC1CC(CCSC)Oc2ccc(F)cc21. The zero-order valence-corrected chi connectivity index (χ0v) is 12.4. The molecule has 2 rings (SSSR count). The second-order valence-electron chi connectivity index (χ2n) is 4.95. The fourth-order valence-electron chi connectivity index (χ4n) is 2.45. The minimum atomic E-state index is -0.187. The van der Waals surface area contributed by atoms with Gasteiger partial charge >= 0.3 is 0 Å². The highest BCUT2D eigenvalue weighted by atomic mass is 32.2. The number of hydrogen-bond acceptors (Lipinski definition) is 3. The Morgan fingerprint density at radius 2 is 2.32 bits per heavy atom. The molecule has 2 nitrogen and oxygen atoms in total. The third-order valence-corrected chi connectivity index (χ3v) is 4.07. The zero-order valence-electron chi connectivity index (χ0n) is 11.6. The van der Waals surface area contributed by atoms with Crippen molar-refractivity contribution in [3.63, 3.8) is 0 Å². The molecule has 0 spiro atoms. The van der Waals surface area contributed by atoms with E-state index in [1.54, 1.807) is 12.1 Å². The average molecular weight is 283 g/mol. The molecule has 1 N–H and O–H groups in total. The first kappa shape index (κ1) is 14.7. The van der Waals surface area contributed by atoms with Crippen LogP contribution in [0.5, 0.6) is 5.75 Å². The molecule has 1 aliphatic heterocycles. The van der Waals surface area contributed by atoms with Crippen LogP contribution in [0.1, 0.15) is 37.8 Å². The first-order valence-corrected chi connectivity index (χ1v) is 8.32. The molecule has 1 aromatic carbocycles. The molecule has 0 aliphatic carbocycles. The van der Waals surface area contributed by atoms with Crippen molar-refractivity contribution in [2.24, 2.45) is 0 Å². The van der Waals surface area contributed by atoms with E-state index in [-0.39, 0.29) is 18.0 Å². The van der Waals surface area contributed by atoms with E-state index in [0.29, 0.717) is 0 Å². The summed E-state index contributed by atoms with van der Waals surface area (Å²) < 4.78 is 19.4. The van der Waals surface area contributed by atoms with Crippen LogP contribution in [0.25, 0.3) is 0 Å². The molecular weight excluding hydrogens is 261 g/mol. The molecule has 0 amide bonds. The van der Waals surface area contributed by atoms with E-state index in [2.05, 4.69) is 18.5 Å². The van der Waals surface area contributed by atoms with Crippen molar-refractivity contribution in [3.05, 3.63) is 29.6 Å². The summed E-state index contributed by atoms with van der Waals surface area (Å²) in [6.07, 6.45) is 5.40. The van der Waals surface area contributed by atoms with E-state index in [4.69, 9.17) is 4.74 Å². The van der Waals surface area contributed by atoms with Gasteiger partial charge in [-0.1, -0.05) is 6.92 Å². The van der Waals surface area contributed by atoms with Crippen LogP contribution in [0.3, 0.4) is 0 Å². The van der Waals surface area contributed by atoms with Crippen LogP contribution >= 0.6 is 11.8 Å². The van der Waals surface area contributed by atoms with Crippen LogP contribution in [0.4, 0.5) is 4.39 Å². The standard InChI is InChI=1S/C15H22FNOS/c1-3-7-17-14-10-12(6-8-19-2)18-15-5-4-11(16)9-13(14)15/h4-5,9,12,14,17H,3,6-8,10H2,1-2H3. The van der Waals surface area contributed by atoms with Crippen molar-refractivity contribution in [2.45, 2.75) is 38.3 Å². The van der Waals surface area contributed by atoms with Crippen molar-refractivity contribution in [3.8, 4) is 5.75 Å². The maximum atomic E-state index is 13.4. The number of rotatable bonds is 6. The summed E-state index contributed by atoms with van der Waals surface area (Å²) in [4.78, 5) is 0. The van der Waals surface area contributed by atoms with E-state index < -0.39 is 0 Å². The van der Waals surface area contributed by atoms with E-state index in [1.165, 1.54) is 6.07 Å². The van der Waals surface area contributed by atoms with E-state index in [0.717, 1.165) is 42.9 Å². The Hall–Kier alpha value is -0.740. The Morgan fingerprint density at radius 3 is 3.05 bits per heavy atom. The molecule has 0 aromatic heterocycles. The Kier molecular flexibility index (Phi) is 5.52. The van der Waals surface area contributed by atoms with Crippen LogP contribution in [0.2, 0.25) is 0 Å². The minimum absolute atomic E-state index is 0.187. The third-order valence-electron chi connectivity index (χ3n) is 3.42. The Bertz CT molecular complexity index is 413. The number of thioether (sulfide) groups is 1. The molecule has 19 heavy (non-hydrogen) atoms. The van der Waals surface area contributed by atoms with Gasteiger partial charge in [0.15, 0.2) is 0 Å². The molecule has 106 valence electrons. The first-order valence-electron chi connectivity index (χ1n) is 6.93. The van der Waals surface area contributed by atoms with Gasteiger partial charge in [-0.05, 0) is 49.6 Å². The van der Waals surface area contributed by atoms with Gasteiger partial charge in [0.05, 0.1) is 0 Å². The number of benzene rings is 1. The predicted octanol–water partition coefficient (Wildman–Crippen LogP) is 3.77. The molecule has 1 heterocycles. The molecule has 2 unspecified atom stereocenters. The maximum absolute atomic E-state index is 13.4. The van der Waals surface area contributed by atoms with E-state index >= 15 is 0 Å². The summed E-state index contributed by atoms with van der Waals surface area (Å²) in [6.45, 7) is 3.10. The first-order chi connectivity index (χ1) is 9.24. The molecule has 0 bridgehead atoms. The summed E-state index contributed by atoms with van der Waals surface area (Å²) >= 11 is 1.84. The summed E-state index contributed by atoms with van der Waals surface area (Å²) in [6, 6.07) is 5.06. The van der Waals surface area contributed by atoms with Crippen LogP contribution in [-0.2, 0) is 0 Å². The number of fused-ring (bicyclic) bond motifs is 1. The van der Waals surface area contributed by atoms with E-state index in [1.807, 2.05) is 11.8 Å². The predicted molar refractivity (Wildman–Crippen MR) is 79.5 cm³/mol. The fraction of sp³-hybridized carbons (Fsp3) is 0.600. The maximum Gasteiger partial charge on any atom is 0.124 e. The lowest BCUT2D eigenvalue weighted by atomic mass is 9.95. The van der Waals surface area contributed by atoms with Crippen molar-refractivity contribution >= 4 is 11.8 Å². The second kappa shape index (κ2) is 7.15. The zero-order chi connectivity index (χ0) is 13.7. The highest BCUT2D eigenvalue weighted by Gasteiger charge is 2.27. The summed E-state index contributed by atoms with van der Waals surface area (Å²) in [5.41, 5.74) is 0.967. The average Bonchev–Trinajstić information content (AvgIpc) is 2.42. The monoisotopic (exact) mass is 283 g/mol. The van der Waals surface area contributed by atoms with Crippen molar-refractivity contribution in [2.75, 3.05) is 18.6 Å². The lowest BCUT2D eigenvalue weighted by Gasteiger charge is -2.33. The van der Waals surface area contributed by atoms with Gasteiger partial charge in [-0.3, -0.25) is 0 Å². The van der Waals surface area contributed by atoms with Crippen molar-refractivity contribution in [1.82, 2.24) is 5.32 Å². The number of nitrogens with one attached hydrogen (secondary N) is 1. The number of halogens is 1. The van der Waals surface area contributed by atoms with Gasteiger partial charge in [0.2, 0.25) is 0 Å². The van der Waals surface area contributed by atoms with Crippen LogP contribution < -0.4 is 10.1 Å². The number of ether oxygens (including phenoxy) is 1. The highest BCUT2D eigenvalue weighted by molar-refractivity contribution is 7.98. The lowest BCUT2D eigenvalue weighted by molar-refractivity contribution is 0.146. The molecule has 0 radical (unpaired) electrons. The topological polar surface area (TPSA) is 21.3 Å². The van der Waals surface area contributed by atoms with Crippen LogP contribution in [-0.4, -0.2) is 24.7 Å². The molecule has 0 saturated heterocycles. The van der Waals surface area contributed by atoms with Gasteiger partial charge in [-0.2, -0.15) is 11.8 Å². The van der Waals surface area contributed by atoms with Crippen LogP contribution in [0.15, 0.2) is 18.2 Å². The molecule has 0 fully saturated rings. The molecule has 4 heteroatoms. The van der Waals surface area contributed by atoms with E-state index in [9.17, 15) is 4.39 Å². The third kappa shape index (κ3) is 3.86. The Balaban J connectivity index is 2.14. The van der Waals surface area contributed by atoms with Crippen molar-refractivity contribution in [1.29, 1.82) is 0 Å². The molecule has 1 aliphatic rings. The molecule has 2 atom stereocenters. The quantitative estimate of drug-likeness (QED) is 0.858. The summed E-state index contributed by atoms with van der Waals surface area (Å²) in [5.74, 6) is 1.75. The lowest BCUT2D eigenvalue weighted by Crippen LogP contribution is -2.33. The minimum Gasteiger partial charge on any atom is -0.490 e. The summed E-state index contributed by atoms with van der Waals surface area (Å²) in [7, 11) is 0. The molecular formula is C15H22FNOS. The van der Waals surface area contributed by atoms with Gasteiger partial charge < -0.3 is 10.1 Å². The largest absolute Gasteiger partial charge is 0.490 e.